The van der Waals surface area contributed by atoms with Crippen molar-refractivity contribution >= 4 is 11.8 Å². The minimum absolute atomic E-state index is 0.0505. The van der Waals surface area contributed by atoms with Gasteiger partial charge >= 0.3 is 0 Å². The molecule has 29 heavy (non-hydrogen) atoms. The lowest BCUT2D eigenvalue weighted by Crippen LogP contribution is -2.56. The monoisotopic (exact) mass is 394 g/mol. The van der Waals surface area contributed by atoms with Crippen molar-refractivity contribution in [2.75, 3.05) is 19.7 Å². The fourth-order valence-corrected chi connectivity index (χ4v) is 5.25. The van der Waals surface area contributed by atoms with E-state index in [1.165, 1.54) is 0 Å². The summed E-state index contributed by atoms with van der Waals surface area (Å²) in [6.07, 6.45) is 2.24. The fourth-order valence-electron chi connectivity index (χ4n) is 5.25. The van der Waals surface area contributed by atoms with E-state index in [2.05, 4.69) is 5.10 Å². The van der Waals surface area contributed by atoms with Crippen molar-refractivity contribution in [2.24, 2.45) is 0 Å². The van der Waals surface area contributed by atoms with Gasteiger partial charge in [-0.1, -0.05) is 18.2 Å². The first-order valence-electron chi connectivity index (χ1n) is 10.4. The first-order chi connectivity index (χ1) is 14.0. The van der Waals surface area contributed by atoms with Gasteiger partial charge in [-0.15, -0.1) is 0 Å². The molecule has 4 heterocycles. The highest BCUT2D eigenvalue weighted by Gasteiger charge is 2.61. The Hall–Kier alpha value is -2.67. The molecule has 0 saturated carbocycles. The second-order valence-corrected chi connectivity index (χ2v) is 8.22. The molecule has 7 heteroatoms. The van der Waals surface area contributed by atoms with E-state index < -0.39 is 5.72 Å². The lowest BCUT2D eigenvalue weighted by Gasteiger charge is -2.42. The van der Waals surface area contributed by atoms with E-state index >= 15 is 0 Å². The summed E-state index contributed by atoms with van der Waals surface area (Å²) in [5, 5.41) is 4.66. The van der Waals surface area contributed by atoms with Gasteiger partial charge in [0.25, 0.3) is 0 Å². The molecule has 5 rings (SSSR count). The lowest BCUT2D eigenvalue weighted by molar-refractivity contribution is -0.181. The Balaban J connectivity index is 1.39. The van der Waals surface area contributed by atoms with E-state index in [9.17, 15) is 9.59 Å². The molecule has 3 aliphatic rings. The molecule has 1 aromatic carbocycles. The minimum Gasteiger partial charge on any atom is -0.353 e. The lowest BCUT2D eigenvalue weighted by atomic mass is 10.0. The molecule has 3 fully saturated rings. The van der Waals surface area contributed by atoms with Crippen LogP contribution in [0.15, 0.2) is 30.3 Å². The summed E-state index contributed by atoms with van der Waals surface area (Å²) >= 11 is 0. The second kappa shape index (κ2) is 6.69. The van der Waals surface area contributed by atoms with Crippen LogP contribution in [-0.4, -0.2) is 62.9 Å². The van der Waals surface area contributed by atoms with Gasteiger partial charge in [0.05, 0.1) is 36.9 Å². The molecular weight excluding hydrogens is 368 g/mol. The normalized spacial score (nSPS) is 26.0. The van der Waals surface area contributed by atoms with E-state index in [-0.39, 0.29) is 17.9 Å². The summed E-state index contributed by atoms with van der Waals surface area (Å²) in [6, 6.07) is 9.78. The summed E-state index contributed by atoms with van der Waals surface area (Å²) in [5.41, 5.74) is 3.20. The van der Waals surface area contributed by atoms with Crippen molar-refractivity contribution in [1.29, 1.82) is 0 Å². The van der Waals surface area contributed by atoms with Gasteiger partial charge in [0.1, 0.15) is 0 Å². The van der Waals surface area contributed by atoms with Crippen LogP contribution in [0.1, 0.15) is 36.2 Å². The highest BCUT2D eigenvalue weighted by atomic mass is 16.5. The smallest absolute Gasteiger partial charge is 0.227 e. The number of benzene rings is 1. The molecule has 2 aromatic rings. The zero-order chi connectivity index (χ0) is 20.2. The van der Waals surface area contributed by atoms with Crippen LogP contribution >= 0.6 is 0 Å². The third kappa shape index (κ3) is 2.71. The molecule has 2 atom stereocenters. The molecular formula is C22H26N4O3. The third-order valence-electron chi connectivity index (χ3n) is 6.70. The third-order valence-corrected chi connectivity index (χ3v) is 6.70. The number of hydrogen-bond acceptors (Lipinski definition) is 4. The van der Waals surface area contributed by atoms with Gasteiger partial charge in [-0.25, -0.2) is 4.68 Å². The summed E-state index contributed by atoms with van der Waals surface area (Å²) in [5.74, 6) is 0.158. The number of likely N-dealkylation sites (tertiary alicyclic amines) is 1. The van der Waals surface area contributed by atoms with E-state index in [0.717, 1.165) is 35.6 Å². The van der Waals surface area contributed by atoms with Crippen LogP contribution in [0.4, 0.5) is 0 Å². The van der Waals surface area contributed by atoms with Crippen molar-refractivity contribution in [2.45, 2.75) is 51.3 Å². The maximum absolute atomic E-state index is 13.3. The molecule has 1 spiro atoms. The van der Waals surface area contributed by atoms with E-state index in [0.29, 0.717) is 32.4 Å². The number of carbonyl (C=O) groups excluding carboxylic acids is 2. The fraction of sp³-hybridized carbons (Fsp3) is 0.500. The van der Waals surface area contributed by atoms with Gasteiger partial charge in [0.2, 0.25) is 11.8 Å². The number of rotatable bonds is 3. The topological polar surface area (TPSA) is 67.7 Å². The van der Waals surface area contributed by atoms with Crippen LogP contribution in [0.25, 0.3) is 5.69 Å². The number of nitrogens with zero attached hydrogens (tertiary/aromatic N) is 4. The van der Waals surface area contributed by atoms with Crippen molar-refractivity contribution in [1.82, 2.24) is 19.6 Å². The Bertz CT molecular complexity index is 970. The van der Waals surface area contributed by atoms with Gasteiger partial charge in [-0.2, -0.15) is 5.10 Å². The van der Waals surface area contributed by atoms with Gasteiger partial charge < -0.3 is 14.5 Å². The molecule has 0 unspecified atom stereocenters. The second-order valence-electron chi connectivity index (χ2n) is 8.22. The Morgan fingerprint density at radius 1 is 1.24 bits per heavy atom. The quantitative estimate of drug-likeness (QED) is 0.798. The molecule has 1 aromatic heterocycles. The summed E-state index contributed by atoms with van der Waals surface area (Å²) < 4.78 is 8.02. The predicted molar refractivity (Wildman–Crippen MR) is 106 cm³/mol. The Kier molecular flexibility index (Phi) is 4.24. The number of hydrogen-bond donors (Lipinski definition) is 0. The van der Waals surface area contributed by atoms with Crippen molar-refractivity contribution < 1.29 is 14.3 Å². The number of aryl methyl sites for hydroxylation is 1. The molecule has 3 saturated heterocycles. The molecule has 152 valence electrons. The minimum atomic E-state index is -0.594. The molecule has 2 amide bonds. The first-order valence-corrected chi connectivity index (χ1v) is 10.4. The van der Waals surface area contributed by atoms with E-state index in [1.54, 1.807) is 0 Å². The Morgan fingerprint density at radius 3 is 2.83 bits per heavy atom. The van der Waals surface area contributed by atoms with Gasteiger partial charge in [-0.05, 0) is 32.4 Å². The Morgan fingerprint density at radius 2 is 2.03 bits per heavy atom. The summed E-state index contributed by atoms with van der Waals surface area (Å²) in [6.45, 7) is 5.99. The Labute approximate surface area is 170 Å². The average molecular weight is 394 g/mol. The van der Waals surface area contributed by atoms with Crippen LogP contribution in [0.5, 0.6) is 0 Å². The zero-order valence-electron chi connectivity index (χ0n) is 16.9. The van der Waals surface area contributed by atoms with Crippen molar-refractivity contribution in [3.63, 3.8) is 0 Å². The molecule has 0 bridgehead atoms. The molecule has 3 aliphatic heterocycles. The highest BCUT2D eigenvalue weighted by Crippen LogP contribution is 2.45. The van der Waals surface area contributed by atoms with Gasteiger partial charge in [-0.3, -0.25) is 9.59 Å². The predicted octanol–water partition coefficient (Wildman–Crippen LogP) is 1.98. The van der Waals surface area contributed by atoms with Crippen LogP contribution in [-0.2, 0) is 20.7 Å². The number of ether oxygens (including phenoxy) is 1. The maximum atomic E-state index is 13.3. The van der Waals surface area contributed by atoms with Crippen LogP contribution in [0.2, 0.25) is 0 Å². The summed E-state index contributed by atoms with van der Waals surface area (Å²) in [4.78, 5) is 29.5. The van der Waals surface area contributed by atoms with Crippen LogP contribution in [0, 0.1) is 13.8 Å². The molecule has 0 aliphatic carbocycles. The van der Waals surface area contributed by atoms with E-state index in [1.807, 2.05) is 58.7 Å². The SMILES string of the molecule is Cc1nn(-c2ccccc2)c(C)c1CC(=O)N1CC[C@@]23OCCCN2C(=O)C[C@@H]13. The van der Waals surface area contributed by atoms with Crippen LogP contribution < -0.4 is 0 Å². The molecule has 7 nitrogen and oxygen atoms in total. The number of para-hydroxylation sites is 1. The van der Waals surface area contributed by atoms with Crippen molar-refractivity contribution in [3.05, 3.63) is 47.3 Å². The van der Waals surface area contributed by atoms with Crippen LogP contribution in [0.3, 0.4) is 0 Å². The number of amides is 2. The number of aromatic nitrogens is 2. The molecule has 0 radical (unpaired) electrons. The highest BCUT2D eigenvalue weighted by molar-refractivity contribution is 5.85. The molecule has 0 N–H and O–H groups in total. The summed E-state index contributed by atoms with van der Waals surface area (Å²) in [7, 11) is 0. The van der Waals surface area contributed by atoms with Gasteiger partial charge in [0.15, 0.2) is 5.72 Å². The number of carbonyl (C=O) groups is 2. The maximum Gasteiger partial charge on any atom is 0.227 e. The standard InChI is InChI=1S/C22H26N4O3/c1-15-18(16(2)26(23-15)17-7-4-3-5-8-17)13-20(27)24-11-9-22-19(24)14-21(28)25(22)10-6-12-29-22/h3-5,7-8,19H,6,9-14H2,1-2H3/t19-,22+/m1/s1. The van der Waals surface area contributed by atoms with Crippen molar-refractivity contribution in [3.8, 4) is 5.69 Å². The van der Waals surface area contributed by atoms with Gasteiger partial charge in [0, 0.05) is 30.8 Å². The first kappa shape index (κ1) is 18.4. The van der Waals surface area contributed by atoms with E-state index in [4.69, 9.17) is 4.74 Å². The average Bonchev–Trinajstić information content (AvgIpc) is 3.31. The largest absolute Gasteiger partial charge is 0.353 e. The zero-order valence-corrected chi connectivity index (χ0v) is 16.9.